The molecule has 0 radical (unpaired) electrons. The summed E-state index contributed by atoms with van der Waals surface area (Å²) in [6, 6.07) is -0.171. The van der Waals surface area contributed by atoms with Crippen molar-refractivity contribution < 1.29 is 13.2 Å². The van der Waals surface area contributed by atoms with E-state index < -0.39 is 5.92 Å². The molecular formula is C18H20F2N6O2. The molecule has 0 unspecified atom stereocenters. The molecule has 2 aliphatic rings. The molecular weight excluding hydrogens is 370 g/mol. The number of halogens is 2. The first kappa shape index (κ1) is 17.4. The van der Waals surface area contributed by atoms with Crippen molar-refractivity contribution in [3.05, 3.63) is 34.2 Å². The number of aryl methyl sites for hydroxylation is 1. The average molecular weight is 390 g/mol. The molecule has 2 saturated carbocycles. The molecule has 0 aromatic carbocycles. The first-order chi connectivity index (χ1) is 13.4. The molecule has 3 aromatic rings. The first-order valence-corrected chi connectivity index (χ1v) is 9.56. The second-order valence-electron chi connectivity index (χ2n) is 7.81. The Morgan fingerprint density at radius 2 is 1.93 bits per heavy atom. The molecule has 1 N–H and O–H groups in total. The highest BCUT2D eigenvalue weighted by molar-refractivity contribution is 5.73. The van der Waals surface area contributed by atoms with Crippen LogP contribution in [0.25, 0.3) is 11.0 Å². The van der Waals surface area contributed by atoms with Crippen molar-refractivity contribution >= 4 is 11.0 Å². The van der Waals surface area contributed by atoms with E-state index in [4.69, 9.17) is 4.42 Å². The van der Waals surface area contributed by atoms with Gasteiger partial charge in [0.25, 0.3) is 5.56 Å². The lowest BCUT2D eigenvalue weighted by molar-refractivity contribution is -0.0446. The quantitative estimate of drug-likeness (QED) is 0.737. The van der Waals surface area contributed by atoms with Crippen molar-refractivity contribution in [1.82, 2.24) is 29.9 Å². The molecule has 10 heteroatoms. The normalized spacial score (nSPS) is 25.1. The number of H-pyrrole nitrogens is 1. The summed E-state index contributed by atoms with van der Waals surface area (Å²) in [5.74, 6) is -0.990. The lowest BCUT2D eigenvalue weighted by atomic mass is 9.73. The van der Waals surface area contributed by atoms with Gasteiger partial charge in [0, 0.05) is 31.6 Å². The molecule has 2 atom stereocenters. The van der Waals surface area contributed by atoms with E-state index in [0.717, 1.165) is 12.8 Å². The zero-order chi connectivity index (χ0) is 19.5. The van der Waals surface area contributed by atoms with E-state index in [1.807, 2.05) is 0 Å². The lowest BCUT2D eigenvalue weighted by Crippen LogP contribution is -2.28. The number of aromatic nitrogens is 6. The van der Waals surface area contributed by atoms with E-state index >= 15 is 0 Å². The number of fused-ring (bicyclic) bond motifs is 1. The maximum Gasteiger partial charge on any atom is 0.262 e. The number of rotatable bonds is 3. The van der Waals surface area contributed by atoms with Gasteiger partial charge in [-0.2, -0.15) is 5.10 Å². The topological polar surface area (TPSA) is 102 Å². The predicted molar refractivity (Wildman–Crippen MR) is 94.4 cm³/mol. The summed E-state index contributed by atoms with van der Waals surface area (Å²) in [5.41, 5.74) is 0.195. The van der Waals surface area contributed by atoms with Gasteiger partial charge in [-0.3, -0.25) is 4.79 Å². The fourth-order valence-corrected chi connectivity index (χ4v) is 4.25. The lowest BCUT2D eigenvalue weighted by Gasteiger charge is -2.33. The molecule has 0 saturated heterocycles. The van der Waals surface area contributed by atoms with Gasteiger partial charge in [0.05, 0.1) is 12.2 Å². The molecule has 0 bridgehead atoms. The zero-order valence-electron chi connectivity index (χ0n) is 15.4. The highest BCUT2D eigenvalue weighted by atomic mass is 19.3. The van der Waals surface area contributed by atoms with Crippen LogP contribution >= 0.6 is 0 Å². The fraction of sp³-hybridized carbons (Fsp3) is 0.611. The Balaban J connectivity index is 1.49. The molecule has 28 heavy (non-hydrogen) atoms. The van der Waals surface area contributed by atoms with Crippen LogP contribution in [0, 0.1) is 6.92 Å². The standard InChI is InChI=1S/C18H20F2N6O2/c1-9-24-25-17(28-9)12-3-2-11(12)14-22-15-13(16(27)23-14)8-21-26(15)10-4-6-18(19,20)7-5-10/h8,10-12H,2-7H2,1H3,(H,22,23,27)/t11-,12+/m0/s1. The summed E-state index contributed by atoms with van der Waals surface area (Å²) < 4.78 is 34.2. The van der Waals surface area contributed by atoms with Gasteiger partial charge in [0.2, 0.25) is 17.7 Å². The minimum absolute atomic E-state index is 0.0176. The number of alkyl halides is 2. The Morgan fingerprint density at radius 3 is 2.57 bits per heavy atom. The van der Waals surface area contributed by atoms with Crippen molar-refractivity contribution in [2.24, 2.45) is 0 Å². The largest absolute Gasteiger partial charge is 0.425 e. The molecule has 8 nitrogen and oxygen atoms in total. The van der Waals surface area contributed by atoms with Gasteiger partial charge in [-0.25, -0.2) is 18.4 Å². The van der Waals surface area contributed by atoms with E-state index in [-0.39, 0.29) is 36.3 Å². The first-order valence-electron chi connectivity index (χ1n) is 9.56. The van der Waals surface area contributed by atoms with Gasteiger partial charge in [-0.05, 0) is 25.7 Å². The van der Waals surface area contributed by atoms with Gasteiger partial charge < -0.3 is 9.40 Å². The molecule has 2 fully saturated rings. The minimum atomic E-state index is -2.61. The van der Waals surface area contributed by atoms with Gasteiger partial charge in [0.15, 0.2) is 5.65 Å². The van der Waals surface area contributed by atoms with Crippen LogP contribution in [0.5, 0.6) is 0 Å². The van der Waals surface area contributed by atoms with Crippen LogP contribution in [0.4, 0.5) is 8.78 Å². The second-order valence-corrected chi connectivity index (χ2v) is 7.81. The number of nitrogens with zero attached hydrogens (tertiary/aromatic N) is 5. The number of hydrogen-bond donors (Lipinski definition) is 1. The Kier molecular flexibility index (Phi) is 3.85. The van der Waals surface area contributed by atoms with Crippen LogP contribution in [-0.2, 0) is 0 Å². The smallest absolute Gasteiger partial charge is 0.262 e. The van der Waals surface area contributed by atoms with Crippen molar-refractivity contribution in [2.45, 2.75) is 69.2 Å². The van der Waals surface area contributed by atoms with E-state index in [1.54, 1.807) is 11.6 Å². The predicted octanol–water partition coefficient (Wildman–Crippen LogP) is 3.22. The third-order valence-electron chi connectivity index (χ3n) is 6.00. The van der Waals surface area contributed by atoms with Crippen LogP contribution in [0.3, 0.4) is 0 Å². The van der Waals surface area contributed by atoms with Crippen LogP contribution in [0.15, 0.2) is 15.4 Å². The number of nitrogens with one attached hydrogen (secondary N) is 1. The van der Waals surface area contributed by atoms with Gasteiger partial charge >= 0.3 is 0 Å². The highest BCUT2D eigenvalue weighted by Gasteiger charge is 2.40. The van der Waals surface area contributed by atoms with Crippen LogP contribution in [-0.4, -0.2) is 35.9 Å². The Bertz CT molecular complexity index is 1080. The molecule has 0 aliphatic heterocycles. The van der Waals surface area contributed by atoms with Gasteiger partial charge in [-0.15, -0.1) is 10.2 Å². The molecule has 5 rings (SSSR count). The van der Waals surface area contributed by atoms with Crippen LogP contribution in [0.1, 0.15) is 74.0 Å². The maximum absolute atomic E-state index is 13.5. The highest BCUT2D eigenvalue weighted by Crippen LogP contribution is 2.47. The molecule has 148 valence electrons. The summed E-state index contributed by atoms with van der Waals surface area (Å²) in [7, 11) is 0. The summed E-state index contributed by atoms with van der Waals surface area (Å²) in [4.78, 5) is 20.1. The number of aromatic amines is 1. The summed E-state index contributed by atoms with van der Waals surface area (Å²) in [6.07, 6.45) is 3.50. The van der Waals surface area contributed by atoms with E-state index in [9.17, 15) is 13.6 Å². The fourth-order valence-electron chi connectivity index (χ4n) is 4.25. The molecule has 2 aliphatic carbocycles. The van der Waals surface area contributed by atoms with E-state index in [0.29, 0.717) is 41.5 Å². The van der Waals surface area contributed by atoms with Crippen molar-refractivity contribution in [2.75, 3.05) is 0 Å². The van der Waals surface area contributed by atoms with Crippen molar-refractivity contribution in [3.8, 4) is 0 Å². The number of hydrogen-bond acceptors (Lipinski definition) is 6. The molecule has 0 amide bonds. The van der Waals surface area contributed by atoms with Gasteiger partial charge in [-0.1, -0.05) is 0 Å². The van der Waals surface area contributed by atoms with Crippen molar-refractivity contribution in [3.63, 3.8) is 0 Å². The Labute approximate surface area is 158 Å². The van der Waals surface area contributed by atoms with Crippen LogP contribution in [0.2, 0.25) is 0 Å². The third-order valence-corrected chi connectivity index (χ3v) is 6.00. The van der Waals surface area contributed by atoms with Gasteiger partial charge in [0.1, 0.15) is 11.2 Å². The second kappa shape index (κ2) is 6.18. The maximum atomic E-state index is 13.5. The summed E-state index contributed by atoms with van der Waals surface area (Å²) >= 11 is 0. The third kappa shape index (κ3) is 2.82. The molecule has 3 aromatic heterocycles. The summed E-state index contributed by atoms with van der Waals surface area (Å²) in [5, 5.41) is 12.7. The van der Waals surface area contributed by atoms with Crippen molar-refractivity contribution in [1.29, 1.82) is 0 Å². The van der Waals surface area contributed by atoms with Crippen LogP contribution < -0.4 is 5.56 Å². The van der Waals surface area contributed by atoms with E-state index in [1.165, 1.54) is 6.20 Å². The SMILES string of the molecule is Cc1nnc([C@@H]2CC[C@@H]2c2nc3c(cnn3C3CCC(F)(F)CC3)c(=O)[nH]2)o1. The minimum Gasteiger partial charge on any atom is -0.425 e. The monoisotopic (exact) mass is 390 g/mol. The molecule has 0 spiro atoms. The van der Waals surface area contributed by atoms with E-state index in [2.05, 4.69) is 25.3 Å². The summed E-state index contributed by atoms with van der Waals surface area (Å²) in [6.45, 7) is 1.74. The average Bonchev–Trinajstić information content (AvgIpc) is 3.21. The Morgan fingerprint density at radius 1 is 1.18 bits per heavy atom. The zero-order valence-corrected chi connectivity index (χ0v) is 15.4. The molecule has 3 heterocycles. The Hall–Kier alpha value is -2.65.